The fourth-order valence-corrected chi connectivity index (χ4v) is 5.49. The van der Waals surface area contributed by atoms with Crippen molar-refractivity contribution in [2.45, 2.75) is 51.6 Å². The van der Waals surface area contributed by atoms with Gasteiger partial charge in [-0.3, -0.25) is 14.8 Å². The van der Waals surface area contributed by atoms with Crippen LogP contribution < -0.4 is 9.80 Å². The summed E-state index contributed by atoms with van der Waals surface area (Å²) in [5, 5.41) is 0. The van der Waals surface area contributed by atoms with Gasteiger partial charge in [-0.25, -0.2) is 0 Å². The predicted octanol–water partition coefficient (Wildman–Crippen LogP) is 4.55. The van der Waals surface area contributed by atoms with E-state index in [1.807, 2.05) is 38.6 Å². The van der Waals surface area contributed by atoms with Crippen LogP contribution in [0.5, 0.6) is 0 Å². The molecule has 0 amide bonds. The SMILES string of the molecule is CC(C(=O)C(C)N1CCCc2c(Br)cncc21)N1CCCc2c(Br)cncc21. The molecule has 2 aliphatic heterocycles. The van der Waals surface area contributed by atoms with Gasteiger partial charge in [-0.1, -0.05) is 0 Å². The Hall–Kier alpha value is -1.47. The van der Waals surface area contributed by atoms with Crippen LogP contribution in [0, 0.1) is 0 Å². The first-order chi connectivity index (χ1) is 13.5. The number of hydrogen-bond acceptors (Lipinski definition) is 5. The molecule has 0 spiro atoms. The third kappa shape index (κ3) is 3.47. The number of pyridine rings is 2. The molecule has 2 unspecified atom stereocenters. The highest BCUT2D eigenvalue weighted by Gasteiger charge is 2.34. The van der Waals surface area contributed by atoms with E-state index in [1.54, 1.807) is 0 Å². The highest BCUT2D eigenvalue weighted by molar-refractivity contribution is 9.10. The van der Waals surface area contributed by atoms with Gasteiger partial charge in [-0.15, -0.1) is 0 Å². The number of ketones is 1. The maximum Gasteiger partial charge on any atom is 0.176 e. The predicted molar refractivity (Wildman–Crippen MR) is 119 cm³/mol. The van der Waals surface area contributed by atoms with Crippen LogP contribution in [0.15, 0.2) is 33.7 Å². The topological polar surface area (TPSA) is 49.3 Å². The normalized spacial score (nSPS) is 18.3. The van der Waals surface area contributed by atoms with Gasteiger partial charge in [0.1, 0.15) is 0 Å². The molecule has 0 aromatic carbocycles. The molecule has 0 saturated carbocycles. The third-order valence-corrected chi connectivity index (χ3v) is 7.36. The Kier molecular flexibility index (Phi) is 5.74. The number of Topliss-reactive ketones (excluding diaryl/α,β-unsaturated/α-hetero) is 1. The summed E-state index contributed by atoms with van der Waals surface area (Å²) in [6.07, 6.45) is 11.6. The first kappa shape index (κ1) is 19.8. The molecule has 0 bridgehead atoms. The molecule has 5 nitrogen and oxygen atoms in total. The summed E-state index contributed by atoms with van der Waals surface area (Å²) in [5.74, 6) is 0.237. The zero-order chi connectivity index (χ0) is 19.8. The highest BCUT2D eigenvalue weighted by Crippen LogP contribution is 2.35. The Balaban J connectivity index is 1.60. The average Bonchev–Trinajstić information content (AvgIpc) is 2.72. The molecule has 0 N–H and O–H groups in total. The minimum Gasteiger partial charge on any atom is -0.360 e. The number of nitrogens with zero attached hydrogens (tertiary/aromatic N) is 4. The Labute approximate surface area is 182 Å². The molecule has 0 radical (unpaired) electrons. The van der Waals surface area contributed by atoms with Crippen LogP contribution in [0.3, 0.4) is 0 Å². The quantitative estimate of drug-likeness (QED) is 0.607. The molecule has 0 aliphatic carbocycles. The molecule has 7 heteroatoms. The Morgan fingerprint density at radius 3 is 1.71 bits per heavy atom. The van der Waals surface area contributed by atoms with Gasteiger partial charge in [0.05, 0.1) is 35.9 Å². The monoisotopic (exact) mass is 506 g/mol. The summed E-state index contributed by atoms with van der Waals surface area (Å²) in [4.78, 5) is 26.6. The second-order valence-electron chi connectivity index (χ2n) is 7.59. The van der Waals surface area contributed by atoms with Crippen molar-refractivity contribution in [2.24, 2.45) is 0 Å². The van der Waals surface area contributed by atoms with Crippen LogP contribution in [0.4, 0.5) is 11.4 Å². The van der Waals surface area contributed by atoms with Gasteiger partial charge in [0, 0.05) is 34.4 Å². The number of carbonyl (C=O) groups is 1. The maximum atomic E-state index is 13.5. The smallest absolute Gasteiger partial charge is 0.176 e. The summed E-state index contributed by atoms with van der Waals surface area (Å²) in [6, 6.07) is -0.397. The van der Waals surface area contributed by atoms with Crippen LogP contribution in [0.2, 0.25) is 0 Å². The van der Waals surface area contributed by atoms with E-state index in [1.165, 1.54) is 11.1 Å². The van der Waals surface area contributed by atoms with Crippen molar-refractivity contribution in [3.8, 4) is 0 Å². The molecule has 2 aromatic heterocycles. The number of rotatable bonds is 4. The van der Waals surface area contributed by atoms with Gasteiger partial charge in [0.25, 0.3) is 0 Å². The summed E-state index contributed by atoms with van der Waals surface area (Å²) >= 11 is 7.24. The molecule has 4 heterocycles. The molecule has 0 saturated heterocycles. The number of fused-ring (bicyclic) bond motifs is 2. The number of hydrogen-bond donors (Lipinski definition) is 0. The van der Waals surface area contributed by atoms with E-state index >= 15 is 0 Å². The van der Waals surface area contributed by atoms with Crippen molar-refractivity contribution < 1.29 is 4.79 Å². The lowest BCUT2D eigenvalue weighted by Gasteiger charge is -2.40. The fourth-order valence-electron chi connectivity index (χ4n) is 4.45. The maximum absolute atomic E-state index is 13.5. The number of halogens is 2. The van der Waals surface area contributed by atoms with Gasteiger partial charge >= 0.3 is 0 Å². The first-order valence-electron chi connectivity index (χ1n) is 9.80. The molecular weight excluding hydrogens is 484 g/mol. The first-order valence-corrected chi connectivity index (χ1v) is 11.4. The average molecular weight is 508 g/mol. The fraction of sp³-hybridized carbons (Fsp3) is 0.476. The Bertz CT molecular complexity index is 832. The molecule has 2 aromatic rings. The standard InChI is InChI=1S/C21H24Br2N4O/c1-13(26-7-3-5-15-17(22)9-24-11-19(15)26)21(28)14(2)27-8-4-6-16-18(23)10-25-12-20(16)27/h9-14H,3-8H2,1-2H3. The van der Waals surface area contributed by atoms with Crippen molar-refractivity contribution in [2.75, 3.05) is 22.9 Å². The van der Waals surface area contributed by atoms with Crippen LogP contribution in [-0.2, 0) is 17.6 Å². The molecule has 0 fully saturated rings. The van der Waals surface area contributed by atoms with Crippen molar-refractivity contribution in [1.29, 1.82) is 0 Å². The van der Waals surface area contributed by atoms with Crippen molar-refractivity contribution in [3.05, 3.63) is 44.9 Å². The van der Waals surface area contributed by atoms with Gasteiger partial charge in [-0.2, -0.15) is 0 Å². The number of carbonyl (C=O) groups excluding carboxylic acids is 1. The lowest BCUT2D eigenvalue weighted by Crippen LogP contribution is -2.51. The van der Waals surface area contributed by atoms with Crippen LogP contribution >= 0.6 is 31.9 Å². The molecule has 2 aliphatic rings. The number of aromatic nitrogens is 2. The van der Waals surface area contributed by atoms with Crippen LogP contribution in [0.25, 0.3) is 0 Å². The summed E-state index contributed by atoms with van der Waals surface area (Å²) < 4.78 is 2.06. The summed E-state index contributed by atoms with van der Waals surface area (Å²) in [7, 11) is 0. The Morgan fingerprint density at radius 2 is 1.29 bits per heavy atom. The van der Waals surface area contributed by atoms with Crippen LogP contribution in [0.1, 0.15) is 37.8 Å². The van der Waals surface area contributed by atoms with Gasteiger partial charge in [0.15, 0.2) is 5.78 Å². The van der Waals surface area contributed by atoms with E-state index < -0.39 is 0 Å². The summed E-state index contributed by atoms with van der Waals surface area (Å²) in [5.41, 5.74) is 4.67. The second-order valence-corrected chi connectivity index (χ2v) is 9.29. The van der Waals surface area contributed by atoms with E-state index in [9.17, 15) is 4.79 Å². The molecule has 4 rings (SSSR count). The highest BCUT2D eigenvalue weighted by atomic mass is 79.9. The van der Waals surface area contributed by atoms with E-state index in [0.29, 0.717) is 0 Å². The largest absolute Gasteiger partial charge is 0.360 e. The zero-order valence-electron chi connectivity index (χ0n) is 16.2. The lowest BCUT2D eigenvalue weighted by molar-refractivity contribution is -0.121. The number of anilines is 2. The minimum absolute atomic E-state index is 0.198. The van der Waals surface area contributed by atoms with Crippen molar-refractivity contribution >= 4 is 49.0 Å². The molecule has 28 heavy (non-hydrogen) atoms. The van der Waals surface area contributed by atoms with Gasteiger partial charge < -0.3 is 9.80 Å². The minimum atomic E-state index is -0.198. The van der Waals surface area contributed by atoms with E-state index in [-0.39, 0.29) is 17.9 Å². The third-order valence-electron chi connectivity index (χ3n) is 5.99. The van der Waals surface area contributed by atoms with Crippen LogP contribution in [-0.4, -0.2) is 40.9 Å². The summed E-state index contributed by atoms with van der Waals surface area (Å²) in [6.45, 7) is 5.82. The molecular formula is C21H24Br2N4O. The van der Waals surface area contributed by atoms with E-state index in [0.717, 1.165) is 59.1 Å². The molecule has 2 atom stereocenters. The van der Waals surface area contributed by atoms with Gasteiger partial charge in [-0.05, 0) is 82.5 Å². The van der Waals surface area contributed by atoms with E-state index in [4.69, 9.17) is 0 Å². The Morgan fingerprint density at radius 1 is 0.857 bits per heavy atom. The van der Waals surface area contributed by atoms with Gasteiger partial charge in [0.2, 0.25) is 0 Å². The molecule has 148 valence electrons. The zero-order valence-corrected chi connectivity index (χ0v) is 19.3. The second kappa shape index (κ2) is 8.11. The van der Waals surface area contributed by atoms with E-state index in [2.05, 4.69) is 51.6 Å². The van der Waals surface area contributed by atoms with Crippen molar-refractivity contribution in [1.82, 2.24) is 9.97 Å². The van der Waals surface area contributed by atoms with Crippen molar-refractivity contribution in [3.63, 3.8) is 0 Å². The lowest BCUT2D eigenvalue weighted by atomic mass is 9.96.